The van der Waals surface area contributed by atoms with Crippen molar-refractivity contribution >= 4 is 8.07 Å². The highest BCUT2D eigenvalue weighted by molar-refractivity contribution is 6.78. The highest BCUT2D eigenvalue weighted by Gasteiger charge is 2.36. The monoisotopic (exact) mass is 144 g/mol. The Balaban J connectivity index is 2.54. The van der Waals surface area contributed by atoms with Crippen LogP contribution in [-0.4, -0.2) is 20.2 Å². The van der Waals surface area contributed by atoms with E-state index in [1.54, 1.807) is 0 Å². The van der Waals surface area contributed by atoms with Crippen molar-refractivity contribution in [2.45, 2.75) is 37.3 Å². The molecule has 0 unspecified atom stereocenters. The second-order valence-electron chi connectivity index (χ2n) is 3.90. The molecule has 0 radical (unpaired) electrons. The first-order valence-corrected chi connectivity index (χ1v) is 6.94. The van der Waals surface area contributed by atoms with Crippen LogP contribution in [0.5, 0.6) is 0 Å². The summed E-state index contributed by atoms with van der Waals surface area (Å²) in [6, 6.07) is 3.03. The van der Waals surface area contributed by atoms with Crippen LogP contribution in [0.3, 0.4) is 0 Å². The Hall–Kier alpha value is 0.137. The van der Waals surface area contributed by atoms with Crippen LogP contribution in [-0.2, 0) is 0 Å². The zero-order valence-electron chi connectivity index (χ0n) is 6.22. The van der Waals surface area contributed by atoms with Crippen molar-refractivity contribution in [3.63, 3.8) is 0 Å². The van der Waals surface area contributed by atoms with Gasteiger partial charge in [0.25, 0.3) is 0 Å². The summed E-state index contributed by atoms with van der Waals surface area (Å²) in [5.74, 6) is 0. The van der Waals surface area contributed by atoms with Gasteiger partial charge in [0.1, 0.15) is 0 Å². The van der Waals surface area contributed by atoms with Gasteiger partial charge in [-0.3, -0.25) is 0 Å². The Morgan fingerprint density at radius 2 is 1.44 bits per heavy atom. The third-order valence-electron chi connectivity index (χ3n) is 2.13. The lowest BCUT2D eigenvalue weighted by molar-refractivity contribution is 0.633. The minimum atomic E-state index is -0.916. The second-order valence-corrected chi connectivity index (χ2v) is 9.05. The molecule has 9 heavy (non-hydrogen) atoms. The molecule has 1 aliphatic rings. The molecule has 2 atom stereocenters. The number of hydrogen-bond acceptors (Lipinski definition) is 2. The molecule has 0 aromatic heterocycles. The smallest absolute Gasteiger partial charge is 0.0505 e. The standard InChI is InChI=1S/C6H16N2Si/c1-9(2)3-5(7)6(8)4-9/h5-6H,3-4,7-8H2,1-2H3/t5-,6-/m0/s1. The summed E-state index contributed by atoms with van der Waals surface area (Å²) in [5.41, 5.74) is 11.5. The van der Waals surface area contributed by atoms with E-state index in [4.69, 9.17) is 11.5 Å². The van der Waals surface area contributed by atoms with Crippen LogP contribution in [0.2, 0.25) is 25.2 Å². The summed E-state index contributed by atoms with van der Waals surface area (Å²) in [7, 11) is -0.916. The van der Waals surface area contributed by atoms with Gasteiger partial charge in [0.15, 0.2) is 0 Å². The first-order chi connectivity index (χ1) is 4.01. The molecule has 54 valence electrons. The normalized spacial score (nSPS) is 41.3. The van der Waals surface area contributed by atoms with Gasteiger partial charge in [-0.2, -0.15) is 0 Å². The van der Waals surface area contributed by atoms with Gasteiger partial charge in [-0.1, -0.05) is 13.1 Å². The van der Waals surface area contributed by atoms with E-state index in [1.165, 1.54) is 12.1 Å². The Kier molecular flexibility index (Phi) is 1.67. The van der Waals surface area contributed by atoms with Crippen LogP contribution in [0.4, 0.5) is 0 Å². The average Bonchev–Trinajstić information content (AvgIpc) is 1.79. The maximum absolute atomic E-state index is 5.76. The largest absolute Gasteiger partial charge is 0.327 e. The molecule has 0 bridgehead atoms. The third kappa shape index (κ3) is 1.53. The van der Waals surface area contributed by atoms with E-state index in [0.717, 1.165) is 0 Å². The molecule has 1 rings (SSSR count). The Bertz CT molecular complexity index is 102. The zero-order valence-corrected chi connectivity index (χ0v) is 7.22. The molecule has 3 heteroatoms. The van der Waals surface area contributed by atoms with Crippen LogP contribution in [0.15, 0.2) is 0 Å². The van der Waals surface area contributed by atoms with Crippen molar-refractivity contribution in [3.8, 4) is 0 Å². The lowest BCUT2D eigenvalue weighted by Gasteiger charge is -2.11. The van der Waals surface area contributed by atoms with Crippen molar-refractivity contribution in [1.29, 1.82) is 0 Å². The lowest BCUT2D eigenvalue weighted by atomic mass is 10.2. The SMILES string of the molecule is C[Si]1(C)C[C@H](N)[C@@H](N)C1. The highest BCUT2D eigenvalue weighted by Crippen LogP contribution is 2.27. The Morgan fingerprint density at radius 3 is 1.56 bits per heavy atom. The summed E-state index contributed by atoms with van der Waals surface area (Å²) >= 11 is 0. The molecule has 0 amide bonds. The van der Waals surface area contributed by atoms with E-state index in [9.17, 15) is 0 Å². The molecule has 0 spiro atoms. The molecule has 0 aromatic carbocycles. The summed E-state index contributed by atoms with van der Waals surface area (Å²) < 4.78 is 0. The molecular formula is C6H16N2Si. The van der Waals surface area contributed by atoms with Gasteiger partial charge >= 0.3 is 0 Å². The quantitative estimate of drug-likeness (QED) is 0.482. The average molecular weight is 144 g/mol. The minimum Gasteiger partial charge on any atom is -0.327 e. The molecule has 0 aromatic rings. The summed E-state index contributed by atoms with van der Waals surface area (Å²) in [5, 5.41) is 0. The predicted molar refractivity (Wildman–Crippen MR) is 43.0 cm³/mol. The highest BCUT2D eigenvalue weighted by atomic mass is 28.3. The van der Waals surface area contributed by atoms with Crippen LogP contribution in [0, 0.1) is 0 Å². The molecule has 0 saturated carbocycles. The van der Waals surface area contributed by atoms with E-state index in [1.807, 2.05) is 0 Å². The van der Waals surface area contributed by atoms with E-state index in [2.05, 4.69) is 13.1 Å². The van der Waals surface area contributed by atoms with E-state index in [0.29, 0.717) is 12.1 Å². The van der Waals surface area contributed by atoms with Crippen molar-refractivity contribution < 1.29 is 0 Å². The third-order valence-corrected chi connectivity index (χ3v) is 5.28. The number of nitrogens with two attached hydrogens (primary N) is 2. The van der Waals surface area contributed by atoms with Crippen LogP contribution >= 0.6 is 0 Å². The first-order valence-electron chi connectivity index (χ1n) is 3.52. The topological polar surface area (TPSA) is 52.0 Å². The zero-order chi connectivity index (χ0) is 7.07. The minimum absolute atomic E-state index is 0.298. The fraction of sp³-hybridized carbons (Fsp3) is 1.00. The summed E-state index contributed by atoms with van der Waals surface area (Å²) in [6.07, 6.45) is 0. The van der Waals surface area contributed by atoms with E-state index < -0.39 is 8.07 Å². The molecule has 0 aliphatic carbocycles. The fourth-order valence-electron chi connectivity index (χ4n) is 1.66. The van der Waals surface area contributed by atoms with Crippen molar-refractivity contribution in [2.24, 2.45) is 11.5 Å². The molecule has 4 N–H and O–H groups in total. The van der Waals surface area contributed by atoms with Gasteiger partial charge in [0.05, 0.1) is 8.07 Å². The Morgan fingerprint density at radius 1 is 1.11 bits per heavy atom. The van der Waals surface area contributed by atoms with Gasteiger partial charge in [-0.15, -0.1) is 0 Å². The van der Waals surface area contributed by atoms with Crippen molar-refractivity contribution in [3.05, 3.63) is 0 Å². The molecular weight excluding hydrogens is 128 g/mol. The van der Waals surface area contributed by atoms with Crippen LogP contribution in [0.25, 0.3) is 0 Å². The number of rotatable bonds is 0. The maximum Gasteiger partial charge on any atom is 0.0505 e. The Labute approximate surface area is 57.6 Å². The number of hydrogen-bond donors (Lipinski definition) is 2. The fourth-order valence-corrected chi connectivity index (χ4v) is 4.99. The van der Waals surface area contributed by atoms with Crippen molar-refractivity contribution in [1.82, 2.24) is 0 Å². The van der Waals surface area contributed by atoms with Crippen LogP contribution < -0.4 is 11.5 Å². The maximum atomic E-state index is 5.76. The lowest BCUT2D eigenvalue weighted by Crippen LogP contribution is -2.35. The molecule has 1 fully saturated rings. The van der Waals surface area contributed by atoms with E-state index >= 15 is 0 Å². The van der Waals surface area contributed by atoms with Gasteiger partial charge < -0.3 is 11.5 Å². The van der Waals surface area contributed by atoms with Crippen LogP contribution in [0.1, 0.15) is 0 Å². The molecule has 1 saturated heterocycles. The summed E-state index contributed by atoms with van der Waals surface area (Å²) in [6.45, 7) is 4.72. The molecule has 1 heterocycles. The van der Waals surface area contributed by atoms with E-state index in [-0.39, 0.29) is 0 Å². The second kappa shape index (κ2) is 2.07. The molecule has 1 aliphatic heterocycles. The van der Waals surface area contributed by atoms with Gasteiger partial charge in [0, 0.05) is 12.1 Å². The van der Waals surface area contributed by atoms with Crippen molar-refractivity contribution in [2.75, 3.05) is 0 Å². The van der Waals surface area contributed by atoms with Gasteiger partial charge in [-0.05, 0) is 12.1 Å². The summed E-state index contributed by atoms with van der Waals surface area (Å²) in [4.78, 5) is 0. The van der Waals surface area contributed by atoms with Gasteiger partial charge in [-0.25, -0.2) is 0 Å². The van der Waals surface area contributed by atoms with Gasteiger partial charge in [0.2, 0.25) is 0 Å². The predicted octanol–water partition coefficient (Wildman–Crippen LogP) is 0.363. The molecule has 2 nitrogen and oxygen atoms in total. The first kappa shape index (κ1) is 7.25.